The summed E-state index contributed by atoms with van der Waals surface area (Å²) < 4.78 is 69.1. The van der Waals surface area contributed by atoms with E-state index in [0.29, 0.717) is 25.7 Å². The Morgan fingerprint density at radius 3 is 0.685 bits per heavy atom. The van der Waals surface area contributed by atoms with Gasteiger partial charge in [-0.1, -0.05) is 440 Å². The summed E-state index contributed by atoms with van der Waals surface area (Å²) in [5, 5.41) is 10.7. The van der Waals surface area contributed by atoms with Crippen LogP contribution < -0.4 is 0 Å². The van der Waals surface area contributed by atoms with E-state index in [0.717, 1.165) is 108 Å². The number of esters is 4. The summed E-state index contributed by atoms with van der Waals surface area (Å²) in [7, 11) is -9.94. The first-order valence-electron chi connectivity index (χ1n) is 47.4. The Balaban J connectivity index is 5.25. The van der Waals surface area contributed by atoms with Crippen LogP contribution in [0.4, 0.5) is 0 Å². The van der Waals surface area contributed by atoms with Crippen LogP contribution in [0.3, 0.4) is 0 Å². The van der Waals surface area contributed by atoms with Gasteiger partial charge in [0.25, 0.3) is 0 Å². The van der Waals surface area contributed by atoms with Crippen LogP contribution in [0.25, 0.3) is 0 Å². The van der Waals surface area contributed by atoms with Crippen LogP contribution in [-0.2, 0) is 65.4 Å². The highest BCUT2D eigenvalue weighted by atomic mass is 31.2. The first-order valence-corrected chi connectivity index (χ1v) is 50.4. The van der Waals surface area contributed by atoms with Gasteiger partial charge in [0.05, 0.1) is 26.4 Å². The summed E-state index contributed by atoms with van der Waals surface area (Å²) in [5.41, 5.74) is 0. The maximum absolute atomic E-state index is 13.2. The Morgan fingerprint density at radius 2 is 0.459 bits per heavy atom. The second-order valence-corrected chi connectivity index (χ2v) is 37.2. The van der Waals surface area contributed by atoms with Gasteiger partial charge in [0.2, 0.25) is 0 Å². The molecule has 0 fully saturated rings. The van der Waals surface area contributed by atoms with Crippen LogP contribution in [-0.4, -0.2) is 96.7 Å². The van der Waals surface area contributed by atoms with Crippen molar-refractivity contribution >= 4 is 39.5 Å². The van der Waals surface area contributed by atoms with Crippen LogP contribution in [0.2, 0.25) is 0 Å². The molecule has 0 aliphatic rings. The Hall–Kier alpha value is -1.94. The SMILES string of the molecule is CCCCCCCCCCCCCCCCCCCCCCCC(=O)O[C@H](COC(=O)CCCCCCCCCCCCCCCCCCC(C)C)COP(=O)(O)OC[C@@H](O)COP(=O)(O)OC[C@@H](COC(=O)CCCCCCCCCCC(C)CC)OC(=O)CCCCCCCCCCCCCCCCCCC(C)C. The van der Waals surface area contributed by atoms with Crippen molar-refractivity contribution in [3.63, 3.8) is 0 Å². The molecule has 0 bridgehead atoms. The number of ether oxygens (including phenoxy) is 4. The van der Waals surface area contributed by atoms with E-state index in [1.807, 2.05) is 0 Å². The van der Waals surface area contributed by atoms with E-state index in [4.69, 9.17) is 37.0 Å². The molecule has 660 valence electrons. The van der Waals surface area contributed by atoms with Gasteiger partial charge < -0.3 is 33.8 Å². The molecule has 0 aromatic rings. The largest absolute Gasteiger partial charge is 0.472 e. The zero-order valence-corrected chi connectivity index (χ0v) is 75.2. The third-order valence-electron chi connectivity index (χ3n) is 22.0. The van der Waals surface area contributed by atoms with E-state index in [1.54, 1.807) is 0 Å². The van der Waals surface area contributed by atoms with Gasteiger partial charge in [-0.3, -0.25) is 37.3 Å². The normalized spacial score (nSPS) is 14.0. The van der Waals surface area contributed by atoms with E-state index in [2.05, 4.69) is 48.5 Å². The van der Waals surface area contributed by atoms with Crippen molar-refractivity contribution in [2.75, 3.05) is 39.6 Å². The summed E-state index contributed by atoms with van der Waals surface area (Å²) in [5.74, 6) is 0.302. The molecule has 111 heavy (non-hydrogen) atoms. The van der Waals surface area contributed by atoms with Crippen LogP contribution in [0, 0.1) is 17.8 Å². The van der Waals surface area contributed by atoms with Crippen molar-refractivity contribution in [1.82, 2.24) is 0 Å². The zero-order valence-electron chi connectivity index (χ0n) is 73.4. The summed E-state index contributed by atoms with van der Waals surface area (Å²) in [6.07, 6.45) is 75.0. The van der Waals surface area contributed by atoms with Crippen LogP contribution in [0.15, 0.2) is 0 Å². The van der Waals surface area contributed by atoms with Gasteiger partial charge in [0.1, 0.15) is 19.3 Å². The number of aliphatic hydroxyl groups is 1. The maximum atomic E-state index is 13.2. The lowest BCUT2D eigenvalue weighted by atomic mass is 9.99. The number of carbonyl (C=O) groups excluding carboxylic acids is 4. The van der Waals surface area contributed by atoms with Crippen LogP contribution in [0.5, 0.6) is 0 Å². The van der Waals surface area contributed by atoms with Gasteiger partial charge in [-0.05, 0) is 43.4 Å². The number of hydrogen-bond acceptors (Lipinski definition) is 15. The minimum absolute atomic E-state index is 0.108. The van der Waals surface area contributed by atoms with E-state index < -0.39 is 97.5 Å². The van der Waals surface area contributed by atoms with Gasteiger partial charge >= 0.3 is 39.5 Å². The van der Waals surface area contributed by atoms with Gasteiger partial charge in [-0.15, -0.1) is 0 Å². The lowest BCUT2D eigenvalue weighted by molar-refractivity contribution is -0.161. The summed E-state index contributed by atoms with van der Waals surface area (Å²) in [6, 6.07) is 0. The highest BCUT2D eigenvalue weighted by Crippen LogP contribution is 2.45. The Bertz CT molecular complexity index is 2130. The molecule has 0 saturated heterocycles. The molecule has 6 atom stereocenters. The predicted molar refractivity (Wildman–Crippen MR) is 460 cm³/mol. The zero-order chi connectivity index (χ0) is 81.5. The van der Waals surface area contributed by atoms with E-state index in [9.17, 15) is 43.2 Å². The number of hydrogen-bond donors (Lipinski definition) is 3. The summed E-state index contributed by atoms with van der Waals surface area (Å²) >= 11 is 0. The molecule has 0 aromatic carbocycles. The van der Waals surface area contributed by atoms with Crippen molar-refractivity contribution in [1.29, 1.82) is 0 Å². The average Bonchev–Trinajstić information content (AvgIpc) is 0.899. The Labute approximate surface area is 683 Å². The van der Waals surface area contributed by atoms with Crippen LogP contribution >= 0.6 is 15.6 Å². The fourth-order valence-electron chi connectivity index (χ4n) is 14.4. The molecule has 17 nitrogen and oxygen atoms in total. The lowest BCUT2D eigenvalue weighted by Crippen LogP contribution is -2.30. The number of unbranched alkanes of at least 4 members (excludes halogenated alkanes) is 57. The van der Waals surface area contributed by atoms with E-state index in [1.165, 1.54) is 302 Å². The molecule has 0 heterocycles. The molecule has 3 unspecified atom stereocenters. The number of aliphatic hydroxyl groups excluding tert-OH is 1. The quantitative estimate of drug-likeness (QED) is 0.0222. The van der Waals surface area contributed by atoms with E-state index >= 15 is 0 Å². The fraction of sp³-hybridized carbons (Fsp3) is 0.957. The number of rotatable bonds is 90. The van der Waals surface area contributed by atoms with E-state index in [-0.39, 0.29) is 25.7 Å². The van der Waals surface area contributed by atoms with Crippen LogP contribution in [0.1, 0.15) is 492 Å². The third kappa shape index (κ3) is 84.3. The molecule has 3 N–H and O–H groups in total. The molecule has 0 saturated carbocycles. The Morgan fingerprint density at radius 1 is 0.261 bits per heavy atom. The predicted octanol–water partition coefficient (Wildman–Crippen LogP) is 28.4. The third-order valence-corrected chi connectivity index (χ3v) is 23.9. The molecule has 19 heteroatoms. The molecular formula is C92H180O17P2. The second-order valence-electron chi connectivity index (χ2n) is 34.2. The lowest BCUT2D eigenvalue weighted by Gasteiger charge is -2.21. The number of phosphoric ester groups is 2. The van der Waals surface area contributed by atoms with Crippen molar-refractivity contribution in [3.05, 3.63) is 0 Å². The fourth-order valence-corrected chi connectivity index (χ4v) is 16.0. The topological polar surface area (TPSA) is 237 Å². The van der Waals surface area contributed by atoms with Gasteiger partial charge in [0, 0.05) is 25.7 Å². The van der Waals surface area contributed by atoms with Crippen molar-refractivity contribution in [2.45, 2.75) is 510 Å². The molecule has 0 spiro atoms. The highest BCUT2D eigenvalue weighted by molar-refractivity contribution is 7.47. The molecule has 0 aliphatic carbocycles. The molecule has 0 rings (SSSR count). The summed E-state index contributed by atoms with van der Waals surface area (Å²) in [4.78, 5) is 73.5. The smallest absolute Gasteiger partial charge is 0.462 e. The molecule has 0 aromatic heterocycles. The van der Waals surface area contributed by atoms with Crippen molar-refractivity contribution in [3.8, 4) is 0 Å². The average molecular weight is 1620 g/mol. The highest BCUT2D eigenvalue weighted by Gasteiger charge is 2.31. The van der Waals surface area contributed by atoms with Gasteiger partial charge in [-0.2, -0.15) is 0 Å². The van der Waals surface area contributed by atoms with Gasteiger partial charge in [-0.25, -0.2) is 9.13 Å². The number of carbonyl (C=O) groups is 4. The standard InChI is InChI=1S/C92H180O17P2/c1-8-10-11-12-13-14-15-16-17-18-19-20-21-22-30-35-40-45-54-61-68-75-91(96)108-87(79-102-89(94)73-66-59-52-44-39-34-29-25-23-27-32-37-42-49-56-63-70-83(3)4)81-106-110(98,99)104-77-86(93)78-105-111(100,101)107-82-88(80-103-90(95)74-67-60-53-48-47-51-58-65-72-85(7)9-2)109-92(97)76-69-62-55-46-41-36-31-26-24-28-33-38-43-50-57-64-71-84(5)6/h83-88,93H,8-82H2,1-7H3,(H,98,99)(H,100,101)/t85?,86-,87-,88-/m1/s1. The summed E-state index contributed by atoms with van der Waals surface area (Å²) in [6.45, 7) is 12.1. The van der Waals surface area contributed by atoms with Crippen molar-refractivity contribution in [2.24, 2.45) is 17.8 Å². The minimum Gasteiger partial charge on any atom is -0.462 e. The first kappa shape index (κ1) is 109. The minimum atomic E-state index is -4.97. The van der Waals surface area contributed by atoms with Gasteiger partial charge in [0.15, 0.2) is 12.2 Å². The monoisotopic (exact) mass is 1620 g/mol. The molecule has 0 radical (unpaired) electrons. The first-order chi connectivity index (χ1) is 53.8. The second kappa shape index (κ2) is 81.8. The molecule has 0 amide bonds. The molecular weight excluding hydrogens is 1440 g/mol. The van der Waals surface area contributed by atoms with Crippen molar-refractivity contribution < 1.29 is 80.2 Å². The molecule has 0 aliphatic heterocycles. The number of phosphoric acid groups is 2. The maximum Gasteiger partial charge on any atom is 0.472 e. The Kier molecular flexibility index (Phi) is 80.4.